The van der Waals surface area contributed by atoms with Crippen LogP contribution in [0.2, 0.25) is 0 Å². The monoisotopic (exact) mass is 381 g/mol. The van der Waals surface area contributed by atoms with E-state index in [9.17, 15) is 27.6 Å². The van der Waals surface area contributed by atoms with Crippen molar-refractivity contribution in [2.24, 2.45) is 0 Å². The summed E-state index contributed by atoms with van der Waals surface area (Å²) in [5.74, 6) is -2.53. The molecule has 10 nitrogen and oxygen atoms in total. The zero-order valence-electron chi connectivity index (χ0n) is 14.2. The number of ether oxygens (including phenoxy) is 1. The van der Waals surface area contributed by atoms with Crippen LogP contribution >= 0.6 is 0 Å². The maximum atomic E-state index is 12.1. The van der Waals surface area contributed by atoms with E-state index in [4.69, 9.17) is 9.84 Å². The summed E-state index contributed by atoms with van der Waals surface area (Å²) in [4.78, 5) is 34.3. The Kier molecular flexibility index (Phi) is 6.53. The number of alkyl carbamates (subject to hydrolysis) is 1. The lowest BCUT2D eigenvalue weighted by Gasteiger charge is -2.19. The minimum Gasteiger partial charge on any atom is -0.476 e. The van der Waals surface area contributed by atoms with Crippen molar-refractivity contribution in [2.75, 3.05) is 6.54 Å². The van der Waals surface area contributed by atoms with Crippen molar-refractivity contribution in [3.63, 3.8) is 0 Å². The Morgan fingerprint density at radius 1 is 1.19 bits per heavy atom. The predicted octanol–water partition coefficient (Wildman–Crippen LogP) is 0.679. The Balaban J connectivity index is 2.83. The third-order valence-electron chi connectivity index (χ3n) is 2.62. The number of nitrogens with one attached hydrogen (secondary N) is 2. The van der Waals surface area contributed by atoms with Crippen LogP contribution in [0.1, 0.15) is 37.0 Å². The number of alkyl halides is 3. The number of aromatic carboxylic acids is 1. The van der Waals surface area contributed by atoms with E-state index < -0.39 is 55.1 Å². The highest BCUT2D eigenvalue weighted by Gasteiger charge is 2.28. The van der Waals surface area contributed by atoms with Crippen molar-refractivity contribution in [1.82, 2.24) is 25.6 Å². The molecular formula is C13H18F3N5O5. The fraction of sp³-hybridized carbons (Fsp3) is 0.615. The lowest BCUT2D eigenvalue weighted by Crippen LogP contribution is -2.37. The molecule has 13 heteroatoms. The van der Waals surface area contributed by atoms with Crippen LogP contribution < -0.4 is 10.6 Å². The van der Waals surface area contributed by atoms with Gasteiger partial charge in [-0.05, 0) is 20.8 Å². The number of carbonyl (C=O) groups excluding carboxylic acids is 2. The van der Waals surface area contributed by atoms with E-state index in [-0.39, 0.29) is 5.69 Å². The summed E-state index contributed by atoms with van der Waals surface area (Å²) < 4.78 is 42.1. The van der Waals surface area contributed by atoms with Gasteiger partial charge < -0.3 is 20.5 Å². The minimum absolute atomic E-state index is 0.175. The molecule has 1 aromatic heterocycles. The molecule has 0 atom stereocenters. The molecule has 0 bridgehead atoms. The summed E-state index contributed by atoms with van der Waals surface area (Å²) in [7, 11) is 0. The van der Waals surface area contributed by atoms with E-state index in [0.29, 0.717) is 0 Å². The molecule has 1 rings (SSSR count). The molecule has 0 radical (unpaired) electrons. The van der Waals surface area contributed by atoms with Crippen LogP contribution in [0.15, 0.2) is 0 Å². The van der Waals surface area contributed by atoms with Crippen molar-refractivity contribution in [1.29, 1.82) is 0 Å². The molecule has 0 saturated heterocycles. The maximum absolute atomic E-state index is 12.1. The molecule has 26 heavy (non-hydrogen) atoms. The summed E-state index contributed by atoms with van der Waals surface area (Å²) in [6.45, 7) is 2.19. The molecule has 1 aromatic rings. The van der Waals surface area contributed by atoms with E-state index in [0.717, 1.165) is 4.68 Å². The van der Waals surface area contributed by atoms with Gasteiger partial charge in [0, 0.05) is 0 Å². The normalized spacial score (nSPS) is 11.8. The second-order valence-electron chi connectivity index (χ2n) is 6.09. The Hall–Kier alpha value is -2.86. The number of carboxylic acid groups (broad SMARTS) is 1. The van der Waals surface area contributed by atoms with Crippen LogP contribution in [-0.4, -0.2) is 56.4 Å². The molecular weight excluding hydrogens is 363 g/mol. The van der Waals surface area contributed by atoms with Crippen LogP contribution in [0.25, 0.3) is 0 Å². The number of nitrogens with zero attached hydrogens (tertiary/aromatic N) is 3. The number of halogens is 3. The third-order valence-corrected chi connectivity index (χ3v) is 2.62. The van der Waals surface area contributed by atoms with E-state index in [1.54, 1.807) is 26.1 Å². The Labute approximate surface area is 145 Å². The van der Waals surface area contributed by atoms with Gasteiger partial charge in [0.05, 0.1) is 12.2 Å². The molecule has 2 amide bonds. The van der Waals surface area contributed by atoms with Crippen molar-refractivity contribution in [3.05, 3.63) is 11.4 Å². The Morgan fingerprint density at radius 2 is 1.81 bits per heavy atom. The first kappa shape index (κ1) is 21.2. The molecule has 0 fully saturated rings. The molecule has 3 N–H and O–H groups in total. The van der Waals surface area contributed by atoms with E-state index in [1.807, 2.05) is 0 Å². The van der Waals surface area contributed by atoms with Gasteiger partial charge >= 0.3 is 18.2 Å². The summed E-state index contributed by atoms with van der Waals surface area (Å²) in [6, 6.07) is 0. The highest BCUT2D eigenvalue weighted by Crippen LogP contribution is 2.12. The SMILES string of the molecule is CC(C)(C)OC(=O)NCc1c(C(=O)O)nnn1CC(=O)NCC(F)(F)F. The van der Waals surface area contributed by atoms with Crippen LogP contribution in [-0.2, 0) is 22.6 Å². The minimum atomic E-state index is -4.59. The summed E-state index contributed by atoms with van der Waals surface area (Å²) in [5, 5.41) is 19.7. The average Bonchev–Trinajstić information content (AvgIpc) is 2.83. The van der Waals surface area contributed by atoms with Crippen molar-refractivity contribution >= 4 is 18.0 Å². The van der Waals surface area contributed by atoms with E-state index >= 15 is 0 Å². The van der Waals surface area contributed by atoms with Crippen LogP contribution in [0.5, 0.6) is 0 Å². The molecule has 0 aliphatic heterocycles. The largest absolute Gasteiger partial charge is 0.476 e. The van der Waals surface area contributed by atoms with Crippen LogP contribution in [0, 0.1) is 0 Å². The first-order valence-corrected chi connectivity index (χ1v) is 7.24. The van der Waals surface area contributed by atoms with Gasteiger partial charge in [-0.15, -0.1) is 5.10 Å². The Morgan fingerprint density at radius 3 is 2.31 bits per heavy atom. The van der Waals surface area contributed by atoms with Crippen molar-refractivity contribution < 1.29 is 37.4 Å². The van der Waals surface area contributed by atoms with Crippen molar-refractivity contribution in [2.45, 2.75) is 45.6 Å². The van der Waals surface area contributed by atoms with Gasteiger partial charge in [0.2, 0.25) is 5.91 Å². The van der Waals surface area contributed by atoms with Gasteiger partial charge in [-0.3, -0.25) is 4.79 Å². The number of carboxylic acids is 1. The number of amides is 2. The topological polar surface area (TPSA) is 135 Å². The molecule has 0 aliphatic rings. The highest BCUT2D eigenvalue weighted by molar-refractivity contribution is 5.86. The first-order valence-electron chi connectivity index (χ1n) is 7.24. The van der Waals surface area contributed by atoms with Gasteiger partial charge in [-0.25, -0.2) is 14.3 Å². The molecule has 146 valence electrons. The molecule has 0 aromatic carbocycles. The third kappa shape index (κ3) is 7.36. The van der Waals surface area contributed by atoms with Gasteiger partial charge in [-0.1, -0.05) is 5.21 Å². The van der Waals surface area contributed by atoms with E-state index in [2.05, 4.69) is 15.6 Å². The second kappa shape index (κ2) is 8.01. The molecule has 0 unspecified atom stereocenters. The van der Waals surface area contributed by atoms with Gasteiger partial charge in [0.25, 0.3) is 0 Å². The van der Waals surface area contributed by atoms with Gasteiger partial charge in [0.1, 0.15) is 18.7 Å². The zero-order chi connectivity index (χ0) is 20.1. The number of aromatic nitrogens is 3. The van der Waals surface area contributed by atoms with Gasteiger partial charge in [0.15, 0.2) is 5.69 Å². The summed E-state index contributed by atoms with van der Waals surface area (Å²) >= 11 is 0. The fourth-order valence-corrected chi connectivity index (χ4v) is 1.66. The number of carbonyl (C=O) groups is 3. The van der Waals surface area contributed by atoms with E-state index in [1.165, 1.54) is 0 Å². The molecule has 0 saturated carbocycles. The zero-order valence-corrected chi connectivity index (χ0v) is 14.2. The lowest BCUT2D eigenvalue weighted by atomic mass is 10.2. The maximum Gasteiger partial charge on any atom is 0.407 e. The molecule has 0 spiro atoms. The first-order chi connectivity index (χ1) is 11.8. The smallest absolute Gasteiger partial charge is 0.407 e. The summed E-state index contributed by atoms with van der Waals surface area (Å²) in [5.41, 5.74) is -1.52. The Bertz CT molecular complexity index is 681. The summed E-state index contributed by atoms with van der Waals surface area (Å²) in [6.07, 6.45) is -5.45. The van der Waals surface area contributed by atoms with Crippen molar-refractivity contribution in [3.8, 4) is 0 Å². The predicted molar refractivity (Wildman–Crippen MR) is 79.1 cm³/mol. The second-order valence-corrected chi connectivity index (χ2v) is 6.09. The molecule has 1 heterocycles. The lowest BCUT2D eigenvalue weighted by molar-refractivity contribution is -0.138. The standard InChI is InChI=1S/C13H18F3N5O5/c1-12(2,3)26-11(25)17-4-7-9(10(23)24)19-20-21(7)5-8(22)18-6-13(14,15)16/h4-6H2,1-3H3,(H,17,25)(H,18,22)(H,23,24). The molecule has 0 aliphatic carbocycles. The van der Waals surface area contributed by atoms with Crippen LogP contribution in [0.4, 0.5) is 18.0 Å². The average molecular weight is 381 g/mol. The number of rotatable bonds is 6. The quantitative estimate of drug-likeness (QED) is 0.659. The highest BCUT2D eigenvalue weighted by atomic mass is 19.4. The van der Waals surface area contributed by atoms with Gasteiger partial charge in [-0.2, -0.15) is 13.2 Å². The number of hydrogen-bond acceptors (Lipinski definition) is 6. The fourth-order valence-electron chi connectivity index (χ4n) is 1.66. The van der Waals surface area contributed by atoms with Crippen LogP contribution in [0.3, 0.4) is 0 Å². The number of hydrogen-bond donors (Lipinski definition) is 3.